The van der Waals surface area contributed by atoms with Crippen molar-refractivity contribution in [1.29, 1.82) is 0 Å². The second kappa shape index (κ2) is 53.2. The minimum absolute atomic E-state index is 0.402. The molecule has 13 aromatic rings. The first kappa shape index (κ1) is 95.0. The number of H-pyrrole nitrogens is 4. The molecule has 0 amide bonds. The fourth-order valence-corrected chi connectivity index (χ4v) is 15.2. The van der Waals surface area contributed by atoms with Crippen molar-refractivity contribution in [2.75, 3.05) is 84.0 Å². The van der Waals surface area contributed by atoms with Crippen molar-refractivity contribution in [3.05, 3.63) is 286 Å². The van der Waals surface area contributed by atoms with Crippen molar-refractivity contribution in [3.63, 3.8) is 0 Å². The minimum atomic E-state index is -0.833. The van der Waals surface area contributed by atoms with Gasteiger partial charge in [0, 0.05) is 35.7 Å². The molecule has 0 saturated carbocycles. The number of fused-ring (bicyclic) bond motifs is 4. The van der Waals surface area contributed by atoms with E-state index in [9.17, 15) is 19.2 Å². The Labute approximate surface area is 735 Å². The first-order valence-electron chi connectivity index (χ1n) is 41.3. The number of piperidine rings is 4. The predicted molar refractivity (Wildman–Crippen MR) is 497 cm³/mol. The van der Waals surface area contributed by atoms with Gasteiger partial charge in [0.05, 0.1) is 52.7 Å². The number of nitrogens with zero attached hydrogens (tertiary/aromatic N) is 5. The predicted octanol–water partition coefficient (Wildman–Crippen LogP) is 17.9. The topological polar surface area (TPSA) is 291 Å². The Balaban J connectivity index is 0.000000166. The summed E-state index contributed by atoms with van der Waals surface area (Å²) in [5.41, 5.74) is 14.7. The van der Waals surface area contributed by atoms with Crippen LogP contribution in [-0.4, -0.2) is 142 Å². The van der Waals surface area contributed by atoms with E-state index >= 15 is 0 Å². The van der Waals surface area contributed by atoms with Gasteiger partial charge in [-0.15, -0.1) is 12.8 Å². The van der Waals surface area contributed by atoms with Gasteiger partial charge in [-0.3, -0.25) is 39.4 Å². The summed E-state index contributed by atoms with van der Waals surface area (Å²) in [6, 6.07) is 67.0. The van der Waals surface area contributed by atoms with E-state index in [1.54, 1.807) is 24.3 Å². The standard InChI is InChI=1S/C24H25N3O3.C22H22N2O2.C15H19N.C12H17N.C7H4BrNO2.C7H5NO2.C4H8O.C3H3Br.C2H4O2.BHNS/c1-16-23(19-7-8-20-21(14-19)29-24(28)25-20)22(30-26-16)15-27-11-9-18(10-12-27)13-17-5-3-2-4-6-17;25-22-23-20-9-8-18(16-21(20)26-22)7-4-12-24-13-10-19(11-14-24)15-17-5-2-1-3-6-17;1-2-10-16-11-8-15(9-12-16)13-14-6-4-3-5-7-14;1-2-4-11(5-3-1)10-12-6-8-13-9-7-12;8-4-1-2-5-6(3-4)11-7(10)9-5;9-7-8-5-3-1-2-4-6(5)10-7;1-2-4-5-3-1;1-2-3-4;1-2(3)4;1-2-3/h2-8,14,18H,9-13,15H2,1H3,(H,25,28);1-3,5-6,8-9,16,19H,10-15H2,(H,23,25);1,3-7,15H,8-13H2;1-5,12-13H,6-10H2;1-3H,(H,9,10);1-4H,(H,8,9);1-4H2;1H,3H2;1H3,(H,3,4);3H. The van der Waals surface area contributed by atoms with Crippen molar-refractivity contribution >= 4 is 103 Å². The van der Waals surface area contributed by atoms with E-state index in [-0.39, 0.29) is 0 Å². The number of para-hydroxylation sites is 2. The van der Waals surface area contributed by atoms with Gasteiger partial charge in [0.15, 0.2) is 28.1 Å². The van der Waals surface area contributed by atoms with Crippen LogP contribution in [0.4, 0.5) is 0 Å². The van der Waals surface area contributed by atoms with Gasteiger partial charge in [0.25, 0.3) is 5.97 Å². The molecular formula is C96H108BBr2N10O12S. The smallest absolute Gasteiger partial charge is 0.00462 e. The number of nitrogens with one attached hydrogen (secondary N) is 5. The number of alkyl halides is 1. The molecule has 5 aromatic heterocycles. The number of aryl methyl sites for hydroxylation is 1. The van der Waals surface area contributed by atoms with Crippen molar-refractivity contribution in [3.8, 4) is 47.7 Å². The second-order valence-electron chi connectivity index (χ2n) is 30.1. The normalized spacial score (nSPS) is 14.9. The van der Waals surface area contributed by atoms with Crippen LogP contribution in [0.15, 0.2) is 250 Å². The summed E-state index contributed by atoms with van der Waals surface area (Å²) in [6.07, 6.45) is 27.6. The largest absolute Gasteiger partial charge is 0.317 e. The first-order chi connectivity index (χ1) is 59.4. The van der Waals surface area contributed by atoms with Crippen LogP contribution in [0.25, 0.3) is 55.5 Å². The van der Waals surface area contributed by atoms with Crippen LogP contribution in [0.2, 0.25) is 0 Å². The molecule has 0 aliphatic carbocycles. The zero-order valence-corrected chi connectivity index (χ0v) is 73.3. The van der Waals surface area contributed by atoms with Crippen LogP contribution >= 0.6 is 44.7 Å². The number of thiol groups is 1. The summed E-state index contributed by atoms with van der Waals surface area (Å²) in [4.78, 5) is 70.5. The van der Waals surface area contributed by atoms with E-state index < -0.39 is 29.0 Å². The molecule has 122 heavy (non-hydrogen) atoms. The first-order valence-corrected chi connectivity index (χ1v) is 43.6. The summed E-state index contributed by atoms with van der Waals surface area (Å²) in [5, 5.41) is 15.7. The number of hydrogen-bond acceptors (Lipinski definition) is 18. The molecule has 10 heterocycles. The van der Waals surface area contributed by atoms with Gasteiger partial charge >= 0.3 is 47.8 Å². The van der Waals surface area contributed by atoms with Gasteiger partial charge in [-0.2, -0.15) is 0 Å². The Morgan fingerprint density at radius 1 is 0.525 bits per heavy atom. The summed E-state index contributed by atoms with van der Waals surface area (Å²) >= 11 is 9.47. The molecule has 0 unspecified atom stereocenters. The fraction of sp³-hybridized carbons (Fsp3) is 0.354. The van der Waals surface area contributed by atoms with Crippen LogP contribution < -0.4 is 28.3 Å². The molecule has 22 nitrogen and oxygen atoms in total. The molecule has 0 spiro atoms. The molecule has 5 fully saturated rings. The van der Waals surface area contributed by atoms with Crippen LogP contribution in [-0.2, 0) is 41.8 Å². The summed E-state index contributed by atoms with van der Waals surface area (Å²) in [7, 11) is 4.34. The maximum Gasteiger partial charge on any atom is -0.00462 e. The molecule has 5 aliphatic heterocycles. The maximum atomic E-state index is 11.5. The average molecular weight is 1800 g/mol. The third-order valence-electron chi connectivity index (χ3n) is 20.9. The number of aromatic nitrogens is 5. The van der Waals surface area contributed by atoms with E-state index in [1.165, 1.54) is 132 Å². The van der Waals surface area contributed by atoms with E-state index in [0.717, 1.165) is 140 Å². The summed E-state index contributed by atoms with van der Waals surface area (Å²) in [5.74, 6) is 13.1. The molecule has 6 N–H and O–H groups in total. The second-order valence-corrected chi connectivity index (χ2v) is 31.8. The SMILES string of the molecule is C#CCBr.C#CCN1CCC(Cc2ccccc2)CC1.C1CCOC1.CC(=O)O.Cc1noc(CN2CCC(Cc3ccccc3)CC2)c1-c1ccc2[nH]c(=O)oc2c1.O=c1[nH]c2ccc(Br)cc2o1.O=c1[nH]c2ccc(C#CCN3CCC(Cc4ccccc4)CC3)cc2o1.O=c1[nH]c2ccccc2o1.[B]=NS.c1ccc(CC2CCNCC2)cc1. The number of oxazole rings is 4. The van der Waals surface area contributed by atoms with Gasteiger partial charge in [-0.1, -0.05) is 200 Å². The monoisotopic (exact) mass is 1790 g/mol. The van der Waals surface area contributed by atoms with Gasteiger partial charge in [-0.05, 0) is 261 Å². The fourth-order valence-electron chi connectivity index (χ4n) is 14.8. The molecule has 5 aliphatic rings. The Morgan fingerprint density at radius 2 is 0.902 bits per heavy atom. The molecule has 26 heteroatoms. The Kier molecular flexibility index (Phi) is 41.4. The van der Waals surface area contributed by atoms with Crippen molar-refractivity contribution in [2.24, 2.45) is 28.0 Å². The van der Waals surface area contributed by atoms with Crippen molar-refractivity contribution in [1.82, 2.24) is 45.1 Å². The zero-order valence-electron chi connectivity index (χ0n) is 69.3. The number of carboxylic acid groups (broad SMARTS) is 1. The number of aliphatic carboxylic acids is 1. The molecule has 8 aromatic carbocycles. The number of carbonyl (C=O) groups is 1. The van der Waals surface area contributed by atoms with Gasteiger partial charge < -0.3 is 37.4 Å². The van der Waals surface area contributed by atoms with Crippen LogP contribution in [0.1, 0.15) is 110 Å². The van der Waals surface area contributed by atoms with E-state index in [1.807, 2.05) is 61.5 Å². The maximum absolute atomic E-state index is 11.5. The molecule has 637 valence electrons. The Morgan fingerprint density at radius 3 is 1.33 bits per heavy atom. The molecule has 18 rings (SSSR count). The van der Waals surface area contributed by atoms with Gasteiger partial charge in [0.1, 0.15) is 0 Å². The van der Waals surface area contributed by atoms with Crippen molar-refractivity contribution < 1.29 is 36.8 Å². The number of terminal acetylenes is 2. The Bertz CT molecular complexity index is 5580. The average Bonchev–Trinajstić information content (AvgIpc) is 1.64. The van der Waals surface area contributed by atoms with E-state index in [4.69, 9.17) is 49.7 Å². The molecule has 1 radical (unpaired) electrons. The van der Waals surface area contributed by atoms with E-state index in [2.05, 4.69) is 247 Å². The number of likely N-dealkylation sites (tertiary alicyclic amines) is 3. The quantitative estimate of drug-likeness (QED) is 0.0244. The minimum Gasteiger partial charge on any atom is -0.317 e. The third kappa shape index (κ3) is 34.2. The summed E-state index contributed by atoms with van der Waals surface area (Å²) < 4.78 is 34.1. The molecular weight excluding hydrogens is 1690 g/mol. The van der Waals surface area contributed by atoms with Crippen molar-refractivity contribution in [2.45, 2.75) is 110 Å². The number of aromatic amines is 4. The van der Waals surface area contributed by atoms with Gasteiger partial charge in [0.2, 0.25) is 0 Å². The molecule has 0 atom stereocenters. The number of rotatable bonds is 13. The summed E-state index contributed by atoms with van der Waals surface area (Å²) in [6.45, 7) is 16.5. The number of benzene rings is 8. The molecule has 5 saturated heterocycles. The van der Waals surface area contributed by atoms with E-state index in [0.29, 0.717) is 38.7 Å². The number of hydrogen-bond donors (Lipinski definition) is 7. The van der Waals surface area contributed by atoms with Crippen LogP contribution in [0, 0.1) is 67.1 Å². The number of carboxylic acids is 1. The number of ether oxygens (including phenoxy) is 1. The Hall–Kier alpha value is -10.8. The van der Waals surface area contributed by atoms with Crippen LogP contribution in [0.3, 0.4) is 0 Å². The third-order valence-corrected chi connectivity index (χ3v) is 21.8. The number of halogens is 2. The van der Waals surface area contributed by atoms with Gasteiger partial charge in [-0.25, -0.2) is 19.2 Å². The molecule has 0 bridgehead atoms. The zero-order chi connectivity index (χ0) is 86.5. The van der Waals surface area contributed by atoms with Crippen LogP contribution in [0.5, 0.6) is 0 Å².